The minimum atomic E-state index is -0.194. The normalized spacial score (nSPS) is 18.0. The number of rotatable bonds is 5. The van der Waals surface area contributed by atoms with Gasteiger partial charge >= 0.3 is 0 Å². The van der Waals surface area contributed by atoms with Gasteiger partial charge in [-0.05, 0) is 63.9 Å². The Morgan fingerprint density at radius 3 is 2.36 bits per heavy atom. The average Bonchev–Trinajstić information content (AvgIpc) is 3.18. The lowest BCUT2D eigenvalue weighted by atomic mass is 9.62. The van der Waals surface area contributed by atoms with E-state index in [2.05, 4.69) is 145 Å². The van der Waals surface area contributed by atoms with Gasteiger partial charge in [-0.25, -0.2) is 0 Å². The van der Waals surface area contributed by atoms with E-state index in [4.69, 9.17) is 0 Å². The van der Waals surface area contributed by atoms with Gasteiger partial charge in [-0.2, -0.15) is 9.13 Å². The zero-order chi connectivity index (χ0) is 29.9. The van der Waals surface area contributed by atoms with Gasteiger partial charge in [0.15, 0.2) is 24.5 Å². The van der Waals surface area contributed by atoms with Crippen LogP contribution < -0.4 is 9.13 Å². The van der Waals surface area contributed by atoms with Gasteiger partial charge in [0.1, 0.15) is 0 Å². The fourth-order valence-electron chi connectivity index (χ4n) is 8.77. The SMILES string of the molecule is CCCCc1ccc2c3[n+](ccc2c1)C(CC)(CC)CC1(C[n+]2ccccc2-c2c1ccc1ccccc21)c1ccccc1-3. The highest BCUT2D eigenvalue weighted by atomic mass is 15.1. The lowest BCUT2D eigenvalue weighted by Gasteiger charge is -2.40. The van der Waals surface area contributed by atoms with Crippen molar-refractivity contribution in [3.8, 4) is 22.5 Å². The van der Waals surface area contributed by atoms with Crippen LogP contribution in [-0.4, -0.2) is 0 Å². The van der Waals surface area contributed by atoms with Crippen molar-refractivity contribution in [2.75, 3.05) is 0 Å². The number of unbranched alkanes of at least 4 members (excludes halogenated alkanes) is 1. The summed E-state index contributed by atoms with van der Waals surface area (Å²) in [5.41, 5.74) is 9.61. The average molecular weight is 575 g/mol. The lowest BCUT2D eigenvalue weighted by Crippen LogP contribution is -2.61. The summed E-state index contributed by atoms with van der Waals surface area (Å²) in [6, 6.07) is 39.5. The van der Waals surface area contributed by atoms with Crippen molar-refractivity contribution in [3.05, 3.63) is 132 Å². The summed E-state index contributed by atoms with van der Waals surface area (Å²) in [6.07, 6.45) is 11.5. The quantitative estimate of drug-likeness (QED) is 0.181. The predicted molar refractivity (Wildman–Crippen MR) is 182 cm³/mol. The first-order valence-electron chi connectivity index (χ1n) is 16.7. The number of pyridine rings is 2. The Kier molecular flexibility index (Phi) is 6.45. The predicted octanol–water partition coefficient (Wildman–Crippen LogP) is 9.46. The molecule has 8 rings (SSSR count). The Bertz CT molecular complexity index is 2050. The van der Waals surface area contributed by atoms with E-state index in [-0.39, 0.29) is 11.0 Å². The van der Waals surface area contributed by atoms with Crippen LogP contribution in [0.4, 0.5) is 0 Å². The first-order valence-corrected chi connectivity index (χ1v) is 16.7. The zero-order valence-corrected chi connectivity index (χ0v) is 26.3. The Balaban J connectivity index is 1.48. The Hall–Kier alpha value is -4.30. The second kappa shape index (κ2) is 10.4. The third-order valence-electron chi connectivity index (χ3n) is 11.1. The number of benzene rings is 4. The molecule has 4 aromatic carbocycles. The van der Waals surface area contributed by atoms with Crippen molar-refractivity contribution in [2.24, 2.45) is 0 Å². The van der Waals surface area contributed by atoms with Gasteiger partial charge in [0.2, 0.25) is 11.4 Å². The van der Waals surface area contributed by atoms with E-state index in [1.54, 1.807) is 0 Å². The smallest absolute Gasteiger partial charge is 0.197 e. The van der Waals surface area contributed by atoms with Crippen LogP contribution in [0, 0.1) is 0 Å². The van der Waals surface area contributed by atoms with Crippen LogP contribution >= 0.6 is 0 Å². The summed E-state index contributed by atoms with van der Waals surface area (Å²) in [5.74, 6) is 0. The van der Waals surface area contributed by atoms with E-state index in [0.29, 0.717) is 0 Å². The minimum absolute atomic E-state index is 0.0425. The first kappa shape index (κ1) is 27.3. The molecule has 2 aliphatic heterocycles. The van der Waals surface area contributed by atoms with Crippen molar-refractivity contribution in [1.82, 2.24) is 0 Å². The molecule has 2 heteroatoms. The van der Waals surface area contributed by atoms with E-state index in [1.165, 1.54) is 73.6 Å². The molecule has 0 radical (unpaired) electrons. The molecular formula is C42H42N2+2. The Labute approximate surface area is 261 Å². The van der Waals surface area contributed by atoms with Gasteiger partial charge in [-0.3, -0.25) is 0 Å². The highest BCUT2D eigenvalue weighted by molar-refractivity contribution is 5.99. The highest BCUT2D eigenvalue weighted by Crippen LogP contribution is 2.54. The molecule has 6 aromatic rings. The molecule has 0 saturated carbocycles. The van der Waals surface area contributed by atoms with Crippen LogP contribution in [0.3, 0.4) is 0 Å². The van der Waals surface area contributed by atoms with Gasteiger partial charge in [-0.15, -0.1) is 0 Å². The standard InChI is InChI=1S/C42H42N2/c1-4-7-14-30-20-22-34-32(27-30)24-26-44-40(34)35-17-10-11-18-36(35)42(28-41(44,5-2)6-3)29-43-25-13-12-19-38(43)39-33-16-9-8-15-31(33)21-23-37(39)42/h8-13,15-27H,4-7,14,28-29H2,1-3H3/q+2. The molecule has 0 aliphatic carbocycles. The number of hydrogen-bond donors (Lipinski definition) is 0. The maximum Gasteiger partial charge on any atom is 0.221 e. The van der Waals surface area contributed by atoms with Crippen molar-refractivity contribution in [2.45, 2.75) is 76.8 Å². The van der Waals surface area contributed by atoms with Gasteiger partial charge < -0.3 is 0 Å². The monoisotopic (exact) mass is 574 g/mol. The maximum absolute atomic E-state index is 2.69. The third-order valence-corrected chi connectivity index (χ3v) is 11.1. The fraction of sp³-hybridized carbons (Fsp3) is 0.286. The number of aryl methyl sites for hydroxylation is 1. The molecule has 44 heavy (non-hydrogen) atoms. The van der Waals surface area contributed by atoms with Crippen LogP contribution in [-0.2, 0) is 23.9 Å². The van der Waals surface area contributed by atoms with Crippen LogP contribution in [0.5, 0.6) is 0 Å². The largest absolute Gasteiger partial charge is 0.221 e. The first-order chi connectivity index (χ1) is 21.6. The molecule has 2 aliphatic rings. The molecule has 1 spiro atoms. The second-order valence-electron chi connectivity index (χ2n) is 13.2. The summed E-state index contributed by atoms with van der Waals surface area (Å²) in [4.78, 5) is 0. The summed E-state index contributed by atoms with van der Waals surface area (Å²) in [5, 5.41) is 5.37. The Morgan fingerprint density at radius 2 is 1.50 bits per heavy atom. The summed E-state index contributed by atoms with van der Waals surface area (Å²) in [7, 11) is 0. The topological polar surface area (TPSA) is 7.76 Å². The molecule has 218 valence electrons. The third kappa shape index (κ3) is 3.86. The molecule has 4 heterocycles. The molecule has 0 fully saturated rings. The lowest BCUT2D eigenvalue weighted by molar-refractivity contribution is -0.760. The van der Waals surface area contributed by atoms with Crippen molar-refractivity contribution in [3.63, 3.8) is 0 Å². The number of hydrogen-bond acceptors (Lipinski definition) is 0. The van der Waals surface area contributed by atoms with Crippen LogP contribution in [0.1, 0.15) is 69.6 Å². The molecule has 2 aromatic heterocycles. The van der Waals surface area contributed by atoms with E-state index in [1.807, 2.05) is 0 Å². The zero-order valence-electron chi connectivity index (χ0n) is 26.3. The summed E-state index contributed by atoms with van der Waals surface area (Å²) >= 11 is 0. The van der Waals surface area contributed by atoms with Crippen LogP contribution in [0.2, 0.25) is 0 Å². The van der Waals surface area contributed by atoms with Crippen molar-refractivity contribution < 1.29 is 9.13 Å². The molecule has 2 nitrogen and oxygen atoms in total. The molecule has 1 unspecified atom stereocenters. The van der Waals surface area contributed by atoms with Gasteiger partial charge in [0.05, 0.1) is 21.9 Å². The maximum atomic E-state index is 2.69. The van der Waals surface area contributed by atoms with Gasteiger partial charge in [0, 0.05) is 37.5 Å². The highest BCUT2D eigenvalue weighted by Gasteiger charge is 2.57. The summed E-state index contributed by atoms with van der Waals surface area (Å²) < 4.78 is 5.24. The van der Waals surface area contributed by atoms with Gasteiger partial charge in [-0.1, -0.05) is 93.9 Å². The molecule has 0 amide bonds. The number of nitrogens with zero attached hydrogens (tertiary/aromatic N) is 2. The summed E-state index contributed by atoms with van der Waals surface area (Å²) in [6.45, 7) is 8.03. The number of aromatic nitrogens is 2. The van der Waals surface area contributed by atoms with Crippen LogP contribution in [0.15, 0.2) is 116 Å². The number of fused-ring (bicyclic) bond motifs is 12. The molecule has 0 saturated heterocycles. The van der Waals surface area contributed by atoms with Crippen LogP contribution in [0.25, 0.3) is 44.1 Å². The van der Waals surface area contributed by atoms with E-state index in [9.17, 15) is 0 Å². The molecule has 0 N–H and O–H groups in total. The van der Waals surface area contributed by atoms with E-state index >= 15 is 0 Å². The Morgan fingerprint density at radius 1 is 0.682 bits per heavy atom. The van der Waals surface area contributed by atoms with Gasteiger partial charge in [0.25, 0.3) is 0 Å². The minimum Gasteiger partial charge on any atom is -0.197 e. The fourth-order valence-corrected chi connectivity index (χ4v) is 8.77. The molecule has 0 bridgehead atoms. The molecular weight excluding hydrogens is 532 g/mol. The van der Waals surface area contributed by atoms with E-state index in [0.717, 1.165) is 32.2 Å². The second-order valence-corrected chi connectivity index (χ2v) is 13.2. The van der Waals surface area contributed by atoms with Crippen molar-refractivity contribution in [1.29, 1.82) is 0 Å². The van der Waals surface area contributed by atoms with Crippen molar-refractivity contribution >= 4 is 21.5 Å². The van der Waals surface area contributed by atoms with E-state index < -0.39 is 0 Å². The molecule has 1 atom stereocenters.